The highest BCUT2D eigenvalue weighted by Gasteiger charge is 2.13. The first kappa shape index (κ1) is 14.0. The van der Waals surface area contributed by atoms with Gasteiger partial charge in [0.2, 0.25) is 5.91 Å². The van der Waals surface area contributed by atoms with Crippen molar-refractivity contribution in [3.8, 4) is 0 Å². The number of likely N-dealkylation sites (tertiary alicyclic amines) is 1. The maximum absolute atomic E-state index is 11.8. The highest BCUT2D eigenvalue weighted by atomic mass is 16.2. The van der Waals surface area contributed by atoms with Gasteiger partial charge in [-0.25, -0.2) is 0 Å². The second kappa shape index (κ2) is 6.68. The Balaban J connectivity index is 1.96. The second-order valence-electron chi connectivity index (χ2n) is 5.18. The normalized spacial score (nSPS) is 17.4. The zero-order valence-corrected chi connectivity index (χ0v) is 11.8. The molecule has 1 fully saturated rings. The third kappa shape index (κ3) is 4.04. The van der Waals surface area contributed by atoms with E-state index in [-0.39, 0.29) is 11.9 Å². The van der Waals surface area contributed by atoms with Gasteiger partial charge in [-0.2, -0.15) is 0 Å². The molecule has 0 spiro atoms. The van der Waals surface area contributed by atoms with Crippen molar-refractivity contribution in [3.63, 3.8) is 0 Å². The Morgan fingerprint density at radius 3 is 2.79 bits per heavy atom. The van der Waals surface area contributed by atoms with Crippen molar-refractivity contribution in [1.29, 1.82) is 0 Å². The van der Waals surface area contributed by atoms with Crippen molar-refractivity contribution in [2.75, 3.05) is 25.5 Å². The number of rotatable bonds is 5. The van der Waals surface area contributed by atoms with Crippen LogP contribution in [0.5, 0.6) is 0 Å². The number of likely N-dealkylation sites (N-methyl/N-ethyl adjacent to an activating group) is 1. The van der Waals surface area contributed by atoms with E-state index in [2.05, 4.69) is 27.7 Å². The van der Waals surface area contributed by atoms with Gasteiger partial charge < -0.3 is 10.6 Å². The molecule has 1 aromatic carbocycles. The molecule has 1 amide bonds. The molecule has 0 aliphatic carbocycles. The Kier molecular flexibility index (Phi) is 4.93. The molecule has 2 N–H and O–H groups in total. The van der Waals surface area contributed by atoms with Crippen LogP contribution >= 0.6 is 0 Å². The monoisotopic (exact) mass is 261 g/mol. The number of carbonyl (C=O) groups excluding carboxylic acids is 1. The molecule has 1 aromatic rings. The topological polar surface area (TPSA) is 44.4 Å². The maximum atomic E-state index is 11.8. The lowest BCUT2D eigenvalue weighted by Gasteiger charge is -2.16. The van der Waals surface area contributed by atoms with E-state index >= 15 is 0 Å². The van der Waals surface area contributed by atoms with Gasteiger partial charge in [-0.3, -0.25) is 9.69 Å². The summed E-state index contributed by atoms with van der Waals surface area (Å²) < 4.78 is 0. The average molecular weight is 261 g/mol. The highest BCUT2D eigenvalue weighted by Crippen LogP contribution is 2.16. The molecule has 1 atom stereocenters. The molecule has 1 saturated heterocycles. The smallest absolute Gasteiger partial charge is 0.241 e. The van der Waals surface area contributed by atoms with Crippen LogP contribution in [0.4, 0.5) is 5.69 Å². The van der Waals surface area contributed by atoms with Gasteiger partial charge in [-0.1, -0.05) is 12.1 Å². The summed E-state index contributed by atoms with van der Waals surface area (Å²) in [5.74, 6) is 0.000762. The quantitative estimate of drug-likeness (QED) is 0.850. The number of hydrogen-bond donors (Lipinski definition) is 2. The van der Waals surface area contributed by atoms with Gasteiger partial charge >= 0.3 is 0 Å². The van der Waals surface area contributed by atoms with Crippen LogP contribution in [0.25, 0.3) is 0 Å². The fraction of sp³-hybridized carbons (Fsp3) is 0.533. The van der Waals surface area contributed by atoms with Crippen LogP contribution in [0, 0.1) is 0 Å². The first-order valence-corrected chi connectivity index (χ1v) is 6.98. The van der Waals surface area contributed by atoms with Gasteiger partial charge in [0.25, 0.3) is 0 Å². The van der Waals surface area contributed by atoms with Crippen LogP contribution in [0.3, 0.4) is 0 Å². The number of amides is 1. The van der Waals surface area contributed by atoms with E-state index in [4.69, 9.17) is 0 Å². The fourth-order valence-electron chi connectivity index (χ4n) is 2.33. The molecular formula is C15H23N3O. The molecule has 1 unspecified atom stereocenters. The molecule has 0 bridgehead atoms. The molecule has 0 saturated carbocycles. The minimum absolute atomic E-state index is 0.000762. The number of anilines is 1. The van der Waals surface area contributed by atoms with E-state index in [1.54, 1.807) is 7.05 Å². The molecule has 104 valence electrons. The van der Waals surface area contributed by atoms with Gasteiger partial charge in [0.1, 0.15) is 0 Å². The molecule has 0 aromatic heterocycles. The molecular weight excluding hydrogens is 238 g/mol. The number of benzene rings is 1. The van der Waals surface area contributed by atoms with E-state index in [0.29, 0.717) is 0 Å². The molecule has 0 radical (unpaired) electrons. The molecule has 1 aliphatic heterocycles. The molecule has 1 heterocycles. The lowest BCUT2D eigenvalue weighted by Crippen LogP contribution is -2.35. The van der Waals surface area contributed by atoms with Gasteiger partial charge in [-0.05, 0) is 57.6 Å². The number of nitrogens with zero attached hydrogens (tertiary/aromatic N) is 1. The molecule has 4 nitrogen and oxygen atoms in total. The summed E-state index contributed by atoms with van der Waals surface area (Å²) in [4.78, 5) is 14.3. The van der Waals surface area contributed by atoms with Gasteiger partial charge in [-0.15, -0.1) is 0 Å². The molecule has 1 aliphatic rings. The summed E-state index contributed by atoms with van der Waals surface area (Å²) in [7, 11) is 1.79. The van der Waals surface area contributed by atoms with E-state index in [1.807, 2.05) is 19.1 Å². The molecule has 4 heteroatoms. The Hall–Kier alpha value is -1.39. The first-order chi connectivity index (χ1) is 9.19. The SMILES string of the molecule is CNC(C)C(=O)Nc1cccc(CN2CCCC2)c1. The predicted molar refractivity (Wildman–Crippen MR) is 78.1 cm³/mol. The van der Waals surface area contributed by atoms with Crippen molar-refractivity contribution in [3.05, 3.63) is 29.8 Å². The van der Waals surface area contributed by atoms with Gasteiger partial charge in [0.05, 0.1) is 6.04 Å². The van der Waals surface area contributed by atoms with Crippen molar-refractivity contribution in [2.45, 2.75) is 32.4 Å². The van der Waals surface area contributed by atoms with Crippen molar-refractivity contribution in [1.82, 2.24) is 10.2 Å². The summed E-state index contributed by atoms with van der Waals surface area (Å²) in [6.45, 7) is 5.20. The van der Waals surface area contributed by atoms with Crippen molar-refractivity contribution >= 4 is 11.6 Å². The lowest BCUT2D eigenvalue weighted by molar-refractivity contribution is -0.117. The Bertz CT molecular complexity index is 427. The Labute approximate surface area is 115 Å². The largest absolute Gasteiger partial charge is 0.325 e. The predicted octanol–water partition coefficient (Wildman–Crippen LogP) is 1.83. The second-order valence-corrected chi connectivity index (χ2v) is 5.18. The van der Waals surface area contributed by atoms with Gasteiger partial charge in [0, 0.05) is 12.2 Å². The van der Waals surface area contributed by atoms with Crippen LogP contribution in [0.15, 0.2) is 24.3 Å². The molecule has 2 rings (SSSR count). The molecule has 19 heavy (non-hydrogen) atoms. The zero-order valence-electron chi connectivity index (χ0n) is 11.8. The Morgan fingerprint density at radius 1 is 1.37 bits per heavy atom. The maximum Gasteiger partial charge on any atom is 0.241 e. The fourth-order valence-corrected chi connectivity index (χ4v) is 2.33. The van der Waals surface area contributed by atoms with E-state index < -0.39 is 0 Å². The average Bonchev–Trinajstić information content (AvgIpc) is 2.91. The van der Waals surface area contributed by atoms with Crippen LogP contribution in [0.2, 0.25) is 0 Å². The number of hydrogen-bond acceptors (Lipinski definition) is 3. The minimum atomic E-state index is -0.178. The highest BCUT2D eigenvalue weighted by molar-refractivity contribution is 5.94. The summed E-state index contributed by atoms with van der Waals surface area (Å²) in [5.41, 5.74) is 2.14. The summed E-state index contributed by atoms with van der Waals surface area (Å²) in [5, 5.41) is 5.88. The first-order valence-electron chi connectivity index (χ1n) is 6.98. The third-order valence-corrected chi connectivity index (χ3v) is 3.63. The summed E-state index contributed by atoms with van der Waals surface area (Å²) in [6.07, 6.45) is 2.60. The van der Waals surface area contributed by atoms with E-state index in [9.17, 15) is 4.79 Å². The van der Waals surface area contributed by atoms with Crippen LogP contribution in [-0.2, 0) is 11.3 Å². The van der Waals surface area contributed by atoms with Crippen molar-refractivity contribution in [2.24, 2.45) is 0 Å². The number of carbonyl (C=O) groups is 1. The minimum Gasteiger partial charge on any atom is -0.325 e. The van der Waals surface area contributed by atoms with E-state index in [0.717, 1.165) is 12.2 Å². The van der Waals surface area contributed by atoms with Crippen LogP contribution in [0.1, 0.15) is 25.3 Å². The zero-order chi connectivity index (χ0) is 13.7. The summed E-state index contributed by atoms with van der Waals surface area (Å²) in [6, 6.07) is 7.95. The Morgan fingerprint density at radius 2 is 2.11 bits per heavy atom. The van der Waals surface area contributed by atoms with Crippen LogP contribution < -0.4 is 10.6 Å². The van der Waals surface area contributed by atoms with Gasteiger partial charge in [0.15, 0.2) is 0 Å². The van der Waals surface area contributed by atoms with Crippen LogP contribution in [-0.4, -0.2) is 37.0 Å². The third-order valence-electron chi connectivity index (χ3n) is 3.63. The van der Waals surface area contributed by atoms with E-state index in [1.165, 1.54) is 31.5 Å². The lowest BCUT2D eigenvalue weighted by atomic mass is 10.2. The number of nitrogens with one attached hydrogen (secondary N) is 2. The standard InChI is InChI=1S/C15H23N3O/c1-12(16-2)15(19)17-14-7-5-6-13(10-14)11-18-8-3-4-9-18/h5-7,10,12,16H,3-4,8-9,11H2,1-2H3,(H,17,19). The summed E-state index contributed by atoms with van der Waals surface area (Å²) >= 11 is 0. The van der Waals surface area contributed by atoms with Crippen molar-refractivity contribution < 1.29 is 4.79 Å².